The van der Waals surface area contributed by atoms with E-state index in [1.54, 1.807) is 50.2 Å². The Morgan fingerprint density at radius 1 is 1.12 bits per heavy atom. The molecule has 5 N–H and O–H groups in total. The normalized spacial score (nSPS) is 11.8. The number of anilines is 1. The molecule has 0 aliphatic heterocycles. The molecule has 3 aromatic rings. The maximum Gasteiger partial charge on any atom is 0.343 e. The van der Waals surface area contributed by atoms with Crippen molar-refractivity contribution in [3.05, 3.63) is 91.9 Å². The third-order valence-electron chi connectivity index (χ3n) is 5.07. The SMILES string of the molecule is Cc1cc(-n2ccc(NC[C@H](O)c3cccc(Cl)c3)c(C(=O)O)c2=O)cc(C)c1C(N)=O. The summed E-state index contributed by atoms with van der Waals surface area (Å²) < 4.78 is 1.19. The van der Waals surface area contributed by atoms with Gasteiger partial charge in [0.15, 0.2) is 0 Å². The van der Waals surface area contributed by atoms with E-state index in [2.05, 4.69) is 5.32 Å². The Kier molecular flexibility index (Phi) is 6.67. The molecule has 0 radical (unpaired) electrons. The highest BCUT2D eigenvalue weighted by molar-refractivity contribution is 6.30. The number of aromatic nitrogens is 1. The predicted molar refractivity (Wildman–Crippen MR) is 122 cm³/mol. The van der Waals surface area contributed by atoms with Gasteiger partial charge in [0.25, 0.3) is 5.56 Å². The number of primary amides is 1. The molecular formula is C23H22ClN3O5. The van der Waals surface area contributed by atoms with Crippen molar-refractivity contribution >= 4 is 29.2 Å². The fraction of sp³-hybridized carbons (Fsp3) is 0.174. The zero-order chi connectivity index (χ0) is 23.6. The monoisotopic (exact) mass is 455 g/mol. The van der Waals surface area contributed by atoms with Gasteiger partial charge in [-0.25, -0.2) is 4.79 Å². The highest BCUT2D eigenvalue weighted by atomic mass is 35.5. The second-order valence-corrected chi connectivity index (χ2v) is 7.79. The number of halogens is 1. The summed E-state index contributed by atoms with van der Waals surface area (Å²) in [5, 5.41) is 23.3. The van der Waals surface area contributed by atoms with Crippen LogP contribution in [0.5, 0.6) is 0 Å². The van der Waals surface area contributed by atoms with Crippen molar-refractivity contribution in [2.75, 3.05) is 11.9 Å². The lowest BCUT2D eigenvalue weighted by Gasteiger charge is -2.17. The van der Waals surface area contributed by atoms with Crippen LogP contribution in [-0.4, -0.2) is 33.2 Å². The van der Waals surface area contributed by atoms with Crippen molar-refractivity contribution in [3.63, 3.8) is 0 Å². The van der Waals surface area contributed by atoms with Crippen LogP contribution in [0.1, 0.15) is 43.5 Å². The lowest BCUT2D eigenvalue weighted by atomic mass is 10.0. The summed E-state index contributed by atoms with van der Waals surface area (Å²) in [6.07, 6.45) is 0.463. The summed E-state index contributed by atoms with van der Waals surface area (Å²) in [5.74, 6) is -1.99. The zero-order valence-electron chi connectivity index (χ0n) is 17.4. The number of nitrogens with one attached hydrogen (secondary N) is 1. The molecule has 1 amide bonds. The molecule has 0 spiro atoms. The number of aliphatic hydroxyl groups is 1. The van der Waals surface area contributed by atoms with Crippen molar-refractivity contribution < 1.29 is 19.8 Å². The van der Waals surface area contributed by atoms with Crippen molar-refractivity contribution in [3.8, 4) is 5.69 Å². The Hall–Kier alpha value is -3.62. The molecule has 2 aromatic carbocycles. The molecule has 166 valence electrons. The number of aromatic carboxylic acids is 1. The van der Waals surface area contributed by atoms with Gasteiger partial charge in [0, 0.05) is 29.0 Å². The fourth-order valence-electron chi connectivity index (χ4n) is 3.60. The van der Waals surface area contributed by atoms with Crippen molar-refractivity contribution in [1.82, 2.24) is 4.57 Å². The fourth-order valence-corrected chi connectivity index (χ4v) is 3.80. The standard InChI is InChI=1S/C23H22ClN3O5/c1-12-8-16(9-13(2)19(12)21(25)29)27-7-6-17(20(22(27)30)23(31)32)26-11-18(28)14-4-3-5-15(24)10-14/h3-10,18,26,28H,11H2,1-2H3,(H2,25,29)(H,31,32)/t18-/m0/s1. The molecule has 1 atom stereocenters. The number of carbonyl (C=O) groups excluding carboxylic acids is 1. The zero-order valence-corrected chi connectivity index (χ0v) is 18.2. The van der Waals surface area contributed by atoms with Crippen LogP contribution in [0.2, 0.25) is 5.02 Å². The third kappa shape index (κ3) is 4.66. The number of rotatable bonds is 7. The molecule has 0 saturated heterocycles. The first-order valence-corrected chi connectivity index (χ1v) is 10.1. The van der Waals surface area contributed by atoms with Gasteiger partial charge in [-0.2, -0.15) is 0 Å². The van der Waals surface area contributed by atoms with Gasteiger partial charge in [-0.15, -0.1) is 0 Å². The second kappa shape index (κ2) is 9.25. The minimum atomic E-state index is -1.41. The van der Waals surface area contributed by atoms with Crippen LogP contribution in [0.15, 0.2) is 53.5 Å². The van der Waals surface area contributed by atoms with Gasteiger partial charge >= 0.3 is 5.97 Å². The summed E-state index contributed by atoms with van der Waals surface area (Å²) in [6.45, 7) is 3.34. The van der Waals surface area contributed by atoms with E-state index in [-0.39, 0.29) is 12.2 Å². The van der Waals surface area contributed by atoms with Gasteiger partial charge < -0.3 is 21.3 Å². The summed E-state index contributed by atoms with van der Waals surface area (Å²) in [7, 11) is 0. The molecule has 0 fully saturated rings. The summed E-state index contributed by atoms with van der Waals surface area (Å²) in [5.41, 5.74) is 6.70. The van der Waals surface area contributed by atoms with E-state index in [9.17, 15) is 24.6 Å². The maximum absolute atomic E-state index is 13.0. The Bertz CT molecular complexity index is 1250. The second-order valence-electron chi connectivity index (χ2n) is 7.36. The number of amides is 1. The average molecular weight is 456 g/mol. The van der Waals surface area contributed by atoms with Crippen LogP contribution < -0.4 is 16.6 Å². The van der Waals surface area contributed by atoms with Crippen molar-refractivity contribution in [1.29, 1.82) is 0 Å². The highest BCUT2D eigenvalue weighted by Crippen LogP contribution is 2.22. The number of hydrogen-bond donors (Lipinski definition) is 4. The number of carbonyl (C=O) groups is 2. The molecule has 0 bridgehead atoms. The number of benzene rings is 2. The Balaban J connectivity index is 1.97. The molecule has 1 heterocycles. The van der Waals surface area contributed by atoms with Crippen LogP contribution in [-0.2, 0) is 0 Å². The molecule has 0 aliphatic rings. The average Bonchev–Trinajstić information content (AvgIpc) is 2.70. The first-order chi connectivity index (χ1) is 15.1. The first kappa shape index (κ1) is 23.1. The number of aliphatic hydroxyl groups excluding tert-OH is 1. The van der Waals surface area contributed by atoms with Crippen LogP contribution in [0.3, 0.4) is 0 Å². The Morgan fingerprint density at radius 2 is 1.78 bits per heavy atom. The quantitative estimate of drug-likeness (QED) is 0.432. The number of pyridine rings is 1. The van der Waals surface area contributed by atoms with Gasteiger partial charge in [0.05, 0.1) is 11.8 Å². The molecular weight excluding hydrogens is 434 g/mol. The third-order valence-corrected chi connectivity index (χ3v) is 5.30. The van der Waals surface area contributed by atoms with Crippen LogP contribution >= 0.6 is 11.6 Å². The largest absolute Gasteiger partial charge is 0.477 e. The van der Waals surface area contributed by atoms with Gasteiger partial charge in [0.1, 0.15) is 5.56 Å². The van der Waals surface area contributed by atoms with Crippen molar-refractivity contribution in [2.45, 2.75) is 20.0 Å². The van der Waals surface area contributed by atoms with Crippen LogP contribution in [0, 0.1) is 13.8 Å². The molecule has 8 nitrogen and oxygen atoms in total. The molecule has 9 heteroatoms. The topological polar surface area (TPSA) is 135 Å². The van der Waals surface area contributed by atoms with E-state index in [0.29, 0.717) is 33.0 Å². The van der Waals surface area contributed by atoms with Gasteiger partial charge in [-0.1, -0.05) is 23.7 Å². The first-order valence-electron chi connectivity index (χ1n) is 9.68. The highest BCUT2D eigenvalue weighted by Gasteiger charge is 2.20. The molecule has 32 heavy (non-hydrogen) atoms. The number of carboxylic acid groups (broad SMARTS) is 1. The minimum absolute atomic E-state index is 0.0321. The van der Waals surface area contributed by atoms with Gasteiger partial charge in [0.2, 0.25) is 5.91 Å². The number of nitrogens with zero attached hydrogens (tertiary/aromatic N) is 1. The maximum atomic E-state index is 13.0. The minimum Gasteiger partial charge on any atom is -0.477 e. The predicted octanol–water partition coefficient (Wildman–Crippen LogP) is 3.05. The molecule has 0 aliphatic carbocycles. The van der Waals surface area contributed by atoms with E-state index >= 15 is 0 Å². The number of nitrogens with two attached hydrogens (primary N) is 1. The molecule has 0 unspecified atom stereocenters. The molecule has 1 aromatic heterocycles. The summed E-state index contributed by atoms with van der Waals surface area (Å²) in [4.78, 5) is 36.5. The lowest BCUT2D eigenvalue weighted by Crippen LogP contribution is -2.27. The molecule has 0 saturated carbocycles. The van der Waals surface area contributed by atoms with Gasteiger partial charge in [-0.3, -0.25) is 14.2 Å². The Labute approximate surface area is 188 Å². The van der Waals surface area contributed by atoms with E-state index < -0.39 is 29.1 Å². The summed E-state index contributed by atoms with van der Waals surface area (Å²) in [6, 6.07) is 11.3. The van der Waals surface area contributed by atoms with E-state index in [1.807, 2.05) is 0 Å². The van der Waals surface area contributed by atoms with Crippen LogP contribution in [0.25, 0.3) is 5.69 Å². The van der Waals surface area contributed by atoms with E-state index in [4.69, 9.17) is 17.3 Å². The number of aryl methyl sites for hydroxylation is 2. The van der Waals surface area contributed by atoms with E-state index in [1.165, 1.54) is 16.8 Å². The Morgan fingerprint density at radius 3 is 2.34 bits per heavy atom. The lowest BCUT2D eigenvalue weighted by molar-refractivity contribution is 0.0695. The number of hydrogen-bond acceptors (Lipinski definition) is 5. The molecule has 3 rings (SSSR count). The van der Waals surface area contributed by atoms with Gasteiger partial charge in [-0.05, 0) is 60.9 Å². The summed E-state index contributed by atoms with van der Waals surface area (Å²) >= 11 is 5.94. The number of carboxylic acids is 1. The van der Waals surface area contributed by atoms with Crippen LogP contribution in [0.4, 0.5) is 5.69 Å². The smallest absolute Gasteiger partial charge is 0.343 e. The van der Waals surface area contributed by atoms with E-state index in [0.717, 1.165) is 0 Å². The van der Waals surface area contributed by atoms with Crippen molar-refractivity contribution in [2.24, 2.45) is 5.73 Å².